The predicted molar refractivity (Wildman–Crippen MR) is 105 cm³/mol. The van der Waals surface area contributed by atoms with Crippen molar-refractivity contribution in [2.75, 3.05) is 13.7 Å². The summed E-state index contributed by atoms with van der Waals surface area (Å²) in [5.41, 5.74) is 4.74. The van der Waals surface area contributed by atoms with Gasteiger partial charge in [-0.25, -0.2) is 5.43 Å². The van der Waals surface area contributed by atoms with Gasteiger partial charge in [-0.15, -0.1) is 0 Å². The van der Waals surface area contributed by atoms with Gasteiger partial charge in [0.2, 0.25) is 0 Å². The molecule has 1 heterocycles. The van der Waals surface area contributed by atoms with Crippen LogP contribution >= 0.6 is 0 Å². The molecule has 0 aliphatic rings. The quantitative estimate of drug-likeness (QED) is 0.431. The molecule has 2 aromatic carbocycles. The van der Waals surface area contributed by atoms with E-state index in [0.717, 1.165) is 5.56 Å². The van der Waals surface area contributed by atoms with E-state index in [4.69, 9.17) is 9.47 Å². The normalized spacial score (nSPS) is 10.8. The SMILES string of the molecule is CCOc1ccccc1-c1cc(C(=O)NN=Cc2ccc(O)c(OC)c2)[nH]n1. The molecule has 8 heteroatoms. The number of hydrogen-bond donors (Lipinski definition) is 3. The number of aromatic nitrogens is 2. The number of rotatable bonds is 7. The van der Waals surface area contributed by atoms with Gasteiger partial charge in [-0.3, -0.25) is 9.89 Å². The van der Waals surface area contributed by atoms with E-state index in [9.17, 15) is 9.90 Å². The standard InChI is InChI=1S/C20H20N4O4/c1-3-28-18-7-5-4-6-14(18)15-11-16(23-22-15)20(26)24-21-12-13-8-9-17(25)19(10-13)27-2/h4-12,25H,3H2,1-2H3,(H,22,23)(H,24,26). The predicted octanol–water partition coefficient (Wildman–Crippen LogP) is 2.95. The monoisotopic (exact) mass is 380 g/mol. The van der Waals surface area contributed by atoms with Gasteiger partial charge >= 0.3 is 0 Å². The summed E-state index contributed by atoms with van der Waals surface area (Å²) >= 11 is 0. The number of hydrogen-bond acceptors (Lipinski definition) is 6. The van der Waals surface area contributed by atoms with Crippen molar-refractivity contribution in [1.82, 2.24) is 15.6 Å². The van der Waals surface area contributed by atoms with Crippen LogP contribution in [0, 0.1) is 0 Å². The lowest BCUT2D eigenvalue weighted by molar-refractivity contribution is 0.0950. The fourth-order valence-corrected chi connectivity index (χ4v) is 2.54. The first-order valence-electron chi connectivity index (χ1n) is 8.60. The van der Waals surface area contributed by atoms with Crippen LogP contribution in [0.25, 0.3) is 11.3 Å². The Morgan fingerprint density at radius 3 is 2.86 bits per heavy atom. The lowest BCUT2D eigenvalue weighted by Gasteiger charge is -2.07. The van der Waals surface area contributed by atoms with Crippen molar-refractivity contribution in [2.24, 2.45) is 5.10 Å². The van der Waals surface area contributed by atoms with E-state index in [1.165, 1.54) is 19.4 Å². The van der Waals surface area contributed by atoms with Gasteiger partial charge in [0.25, 0.3) is 5.91 Å². The molecule has 0 aliphatic carbocycles. The molecule has 0 fully saturated rings. The van der Waals surface area contributed by atoms with Crippen molar-refractivity contribution in [3.8, 4) is 28.5 Å². The number of amides is 1. The van der Waals surface area contributed by atoms with Gasteiger partial charge in [-0.05, 0) is 48.9 Å². The fourth-order valence-electron chi connectivity index (χ4n) is 2.54. The average Bonchev–Trinajstić information content (AvgIpc) is 3.20. The Morgan fingerprint density at radius 2 is 2.07 bits per heavy atom. The zero-order valence-corrected chi connectivity index (χ0v) is 15.5. The maximum absolute atomic E-state index is 12.3. The van der Waals surface area contributed by atoms with E-state index in [1.807, 2.05) is 31.2 Å². The molecular weight excluding hydrogens is 360 g/mol. The summed E-state index contributed by atoms with van der Waals surface area (Å²) in [4.78, 5) is 12.3. The van der Waals surface area contributed by atoms with Crippen molar-refractivity contribution in [1.29, 1.82) is 0 Å². The van der Waals surface area contributed by atoms with Crippen LogP contribution in [0.4, 0.5) is 0 Å². The van der Waals surface area contributed by atoms with E-state index in [-0.39, 0.29) is 11.4 Å². The molecule has 0 radical (unpaired) electrons. The van der Waals surface area contributed by atoms with Gasteiger partial charge in [0.1, 0.15) is 11.4 Å². The topological polar surface area (TPSA) is 109 Å². The summed E-state index contributed by atoms with van der Waals surface area (Å²) in [5.74, 6) is 0.611. The van der Waals surface area contributed by atoms with E-state index < -0.39 is 5.91 Å². The minimum absolute atomic E-state index is 0.0287. The number of aromatic amines is 1. The van der Waals surface area contributed by atoms with E-state index >= 15 is 0 Å². The summed E-state index contributed by atoms with van der Waals surface area (Å²) < 4.78 is 10.6. The van der Waals surface area contributed by atoms with E-state index in [0.29, 0.717) is 29.4 Å². The molecule has 0 aliphatic heterocycles. The summed E-state index contributed by atoms with van der Waals surface area (Å²) in [7, 11) is 1.46. The first-order chi connectivity index (χ1) is 13.6. The number of nitrogens with one attached hydrogen (secondary N) is 2. The fraction of sp³-hybridized carbons (Fsp3) is 0.150. The molecule has 8 nitrogen and oxygen atoms in total. The summed E-state index contributed by atoms with van der Waals surface area (Å²) in [6, 6.07) is 13.8. The Hall–Kier alpha value is -3.81. The maximum atomic E-state index is 12.3. The molecule has 144 valence electrons. The highest BCUT2D eigenvalue weighted by Crippen LogP contribution is 2.28. The van der Waals surface area contributed by atoms with E-state index in [2.05, 4.69) is 20.7 Å². The summed E-state index contributed by atoms with van der Waals surface area (Å²) in [6.45, 7) is 2.44. The van der Waals surface area contributed by atoms with Crippen molar-refractivity contribution in [3.63, 3.8) is 0 Å². The zero-order chi connectivity index (χ0) is 19.9. The molecular formula is C20H20N4O4. The molecule has 0 saturated heterocycles. The number of phenolic OH excluding ortho intramolecular Hbond substituents is 1. The molecule has 0 unspecified atom stereocenters. The minimum atomic E-state index is -0.436. The molecule has 0 spiro atoms. The summed E-state index contributed by atoms with van der Waals surface area (Å²) in [5, 5.41) is 20.4. The van der Waals surface area contributed by atoms with Crippen LogP contribution in [-0.2, 0) is 0 Å². The van der Waals surface area contributed by atoms with Crippen LogP contribution in [0.3, 0.4) is 0 Å². The highest BCUT2D eigenvalue weighted by molar-refractivity contribution is 5.94. The third kappa shape index (κ3) is 4.29. The Labute approximate surface area is 161 Å². The largest absolute Gasteiger partial charge is 0.504 e. The van der Waals surface area contributed by atoms with Gasteiger partial charge in [0.05, 0.1) is 25.6 Å². The second-order valence-corrected chi connectivity index (χ2v) is 5.73. The average molecular weight is 380 g/mol. The van der Waals surface area contributed by atoms with Gasteiger partial charge < -0.3 is 14.6 Å². The third-order valence-electron chi connectivity index (χ3n) is 3.87. The number of aromatic hydroxyl groups is 1. The number of carbonyl (C=O) groups is 1. The van der Waals surface area contributed by atoms with Crippen molar-refractivity contribution < 1.29 is 19.4 Å². The second-order valence-electron chi connectivity index (χ2n) is 5.73. The Morgan fingerprint density at radius 1 is 1.25 bits per heavy atom. The first-order valence-corrected chi connectivity index (χ1v) is 8.60. The van der Waals surface area contributed by atoms with E-state index in [1.54, 1.807) is 18.2 Å². The van der Waals surface area contributed by atoms with Crippen LogP contribution in [-0.4, -0.2) is 41.1 Å². The molecule has 1 aromatic heterocycles. The second kappa shape index (κ2) is 8.72. The molecule has 3 aromatic rings. The third-order valence-corrected chi connectivity index (χ3v) is 3.87. The number of para-hydroxylation sites is 1. The number of benzene rings is 2. The lowest BCUT2D eigenvalue weighted by atomic mass is 10.1. The minimum Gasteiger partial charge on any atom is -0.504 e. The highest BCUT2D eigenvalue weighted by atomic mass is 16.5. The molecule has 0 saturated carbocycles. The first kappa shape index (κ1) is 19.0. The van der Waals surface area contributed by atoms with Crippen LogP contribution in [0.1, 0.15) is 23.0 Å². The molecule has 3 N–H and O–H groups in total. The van der Waals surface area contributed by atoms with Gasteiger partial charge in [0, 0.05) is 5.56 Å². The Balaban J connectivity index is 1.69. The van der Waals surface area contributed by atoms with Crippen molar-refractivity contribution >= 4 is 12.1 Å². The molecule has 1 amide bonds. The molecule has 0 bridgehead atoms. The number of H-pyrrole nitrogens is 1. The Kier molecular flexibility index (Phi) is 5.91. The number of hydrazone groups is 1. The Bertz CT molecular complexity index is 997. The number of phenols is 1. The van der Waals surface area contributed by atoms with Crippen LogP contribution in [0.5, 0.6) is 17.2 Å². The van der Waals surface area contributed by atoms with Crippen molar-refractivity contribution in [2.45, 2.75) is 6.92 Å². The number of nitrogens with zero attached hydrogens (tertiary/aromatic N) is 2. The van der Waals surface area contributed by atoms with Gasteiger partial charge in [-0.2, -0.15) is 10.2 Å². The van der Waals surface area contributed by atoms with Gasteiger partial charge in [0.15, 0.2) is 11.5 Å². The molecule has 28 heavy (non-hydrogen) atoms. The van der Waals surface area contributed by atoms with Crippen LogP contribution in [0.2, 0.25) is 0 Å². The highest BCUT2D eigenvalue weighted by Gasteiger charge is 2.13. The number of carbonyl (C=O) groups excluding carboxylic acids is 1. The van der Waals surface area contributed by atoms with Crippen LogP contribution in [0.15, 0.2) is 53.6 Å². The smallest absolute Gasteiger partial charge is 0.289 e. The van der Waals surface area contributed by atoms with Crippen molar-refractivity contribution in [3.05, 3.63) is 59.8 Å². The number of methoxy groups -OCH3 is 1. The van der Waals surface area contributed by atoms with Gasteiger partial charge in [-0.1, -0.05) is 12.1 Å². The van der Waals surface area contributed by atoms with Crippen LogP contribution < -0.4 is 14.9 Å². The molecule has 3 rings (SSSR count). The summed E-state index contributed by atoms with van der Waals surface area (Å²) in [6.07, 6.45) is 1.45. The number of ether oxygens (including phenoxy) is 2. The molecule has 0 atom stereocenters. The maximum Gasteiger partial charge on any atom is 0.289 e. The zero-order valence-electron chi connectivity index (χ0n) is 15.5. The lowest BCUT2D eigenvalue weighted by Crippen LogP contribution is -2.18.